The Bertz CT molecular complexity index is 311. The number of thioether (sulfide) groups is 2. The van der Waals surface area contributed by atoms with E-state index < -0.39 is 0 Å². The van der Waals surface area contributed by atoms with Gasteiger partial charge in [-0.2, -0.15) is 0 Å². The van der Waals surface area contributed by atoms with Crippen LogP contribution in [0.3, 0.4) is 0 Å². The van der Waals surface area contributed by atoms with Gasteiger partial charge < -0.3 is 4.57 Å². The van der Waals surface area contributed by atoms with E-state index in [-0.39, 0.29) is 12.4 Å². The van der Waals surface area contributed by atoms with E-state index >= 15 is 0 Å². The summed E-state index contributed by atoms with van der Waals surface area (Å²) in [6, 6.07) is 0. The van der Waals surface area contributed by atoms with E-state index in [1.54, 1.807) is 0 Å². The Labute approximate surface area is 125 Å². The lowest BCUT2D eigenvalue weighted by atomic mass is 10.1. The van der Waals surface area contributed by atoms with Gasteiger partial charge in [0.05, 0.1) is 10.4 Å². The first-order valence-corrected chi connectivity index (χ1v) is 8.55. The fourth-order valence-electron chi connectivity index (χ4n) is 2.27. The minimum Gasteiger partial charge on any atom is -0.337 e. The first-order chi connectivity index (χ1) is 8.35. The molecule has 1 saturated heterocycles. The van der Waals surface area contributed by atoms with Crippen LogP contribution in [0.1, 0.15) is 39.0 Å². The van der Waals surface area contributed by atoms with Crippen molar-refractivity contribution in [3.05, 3.63) is 18.7 Å². The lowest BCUT2D eigenvalue weighted by molar-refractivity contribution is 0.546. The summed E-state index contributed by atoms with van der Waals surface area (Å²) in [4.78, 5) is 4.11. The maximum Gasteiger partial charge on any atom is 0.0945 e. The molecule has 104 valence electrons. The summed E-state index contributed by atoms with van der Waals surface area (Å²) in [5, 5.41) is 0. The smallest absolute Gasteiger partial charge is 0.0945 e. The molecular formula is C13H23ClN2S2. The third-order valence-electron chi connectivity index (χ3n) is 3.28. The third-order valence-corrected chi connectivity index (χ3v) is 6.94. The normalized spacial score (nSPS) is 17.6. The Morgan fingerprint density at radius 3 is 2.61 bits per heavy atom. The van der Waals surface area contributed by atoms with Crippen molar-refractivity contribution in [3.8, 4) is 0 Å². The molecule has 0 amide bonds. The molecule has 1 aromatic rings. The van der Waals surface area contributed by atoms with E-state index in [9.17, 15) is 0 Å². The summed E-state index contributed by atoms with van der Waals surface area (Å²) < 4.78 is 2.71. The van der Waals surface area contributed by atoms with Crippen LogP contribution in [-0.2, 0) is 6.54 Å². The Balaban J connectivity index is 0.00000162. The zero-order chi connectivity index (χ0) is 12.0. The van der Waals surface area contributed by atoms with E-state index in [0.29, 0.717) is 4.08 Å². The van der Waals surface area contributed by atoms with Crippen LogP contribution in [0.5, 0.6) is 0 Å². The van der Waals surface area contributed by atoms with Gasteiger partial charge in [-0.1, -0.05) is 26.2 Å². The largest absolute Gasteiger partial charge is 0.337 e. The SMILES string of the molecule is CCCCCC1(CCn2ccnc2)SCCS1.Cl. The first kappa shape index (κ1) is 16.3. The van der Waals surface area contributed by atoms with Gasteiger partial charge >= 0.3 is 0 Å². The van der Waals surface area contributed by atoms with Crippen LogP contribution in [0.4, 0.5) is 0 Å². The van der Waals surface area contributed by atoms with Gasteiger partial charge in [-0.25, -0.2) is 4.98 Å². The number of unbranched alkanes of at least 4 members (excludes halogenated alkanes) is 2. The summed E-state index contributed by atoms with van der Waals surface area (Å²) in [6.45, 7) is 3.40. The van der Waals surface area contributed by atoms with Crippen molar-refractivity contribution in [3.63, 3.8) is 0 Å². The van der Waals surface area contributed by atoms with Gasteiger partial charge in [0.15, 0.2) is 0 Å². The second-order valence-corrected chi connectivity index (χ2v) is 7.83. The number of imidazole rings is 1. The number of aryl methyl sites for hydroxylation is 1. The molecule has 0 saturated carbocycles. The molecule has 0 N–H and O–H groups in total. The lowest BCUT2D eigenvalue weighted by Crippen LogP contribution is -2.19. The van der Waals surface area contributed by atoms with Gasteiger partial charge in [0.2, 0.25) is 0 Å². The zero-order valence-corrected chi connectivity index (χ0v) is 13.5. The highest BCUT2D eigenvalue weighted by atomic mass is 35.5. The molecule has 1 fully saturated rings. The van der Waals surface area contributed by atoms with E-state index in [2.05, 4.69) is 46.2 Å². The van der Waals surface area contributed by atoms with Crippen molar-refractivity contribution < 1.29 is 0 Å². The summed E-state index contributed by atoms with van der Waals surface area (Å²) in [7, 11) is 0. The molecule has 0 aliphatic carbocycles. The summed E-state index contributed by atoms with van der Waals surface area (Å²) >= 11 is 4.38. The molecule has 0 radical (unpaired) electrons. The highest BCUT2D eigenvalue weighted by molar-refractivity contribution is 8.21. The highest BCUT2D eigenvalue weighted by Crippen LogP contribution is 2.50. The topological polar surface area (TPSA) is 17.8 Å². The molecule has 0 atom stereocenters. The molecule has 2 heterocycles. The molecule has 1 aromatic heterocycles. The number of hydrogen-bond donors (Lipinski definition) is 0. The predicted molar refractivity (Wildman–Crippen MR) is 85.9 cm³/mol. The van der Waals surface area contributed by atoms with Crippen molar-refractivity contribution in [2.45, 2.75) is 49.7 Å². The molecule has 0 bridgehead atoms. The van der Waals surface area contributed by atoms with Crippen molar-refractivity contribution in [1.82, 2.24) is 9.55 Å². The fourth-order valence-corrected chi connectivity index (χ4v) is 5.57. The van der Waals surface area contributed by atoms with E-state index in [4.69, 9.17) is 0 Å². The molecule has 5 heteroatoms. The van der Waals surface area contributed by atoms with Crippen LogP contribution in [0.15, 0.2) is 18.7 Å². The summed E-state index contributed by atoms with van der Waals surface area (Å²) in [5.41, 5.74) is 0. The molecule has 18 heavy (non-hydrogen) atoms. The predicted octanol–water partition coefficient (Wildman–Crippen LogP) is 4.45. The standard InChI is InChI=1S/C13H22N2S2.ClH/c1-2-3-4-5-13(16-10-11-17-13)6-8-15-9-7-14-12-15;/h7,9,12H,2-6,8,10-11H2,1H3;1H. The Morgan fingerprint density at radius 1 is 1.22 bits per heavy atom. The average molecular weight is 307 g/mol. The number of aromatic nitrogens is 2. The molecular weight excluding hydrogens is 284 g/mol. The Hall–Kier alpha value is 0.200. The van der Waals surface area contributed by atoms with Gasteiger partial charge in [-0.3, -0.25) is 0 Å². The van der Waals surface area contributed by atoms with Crippen molar-refractivity contribution >= 4 is 35.9 Å². The summed E-state index contributed by atoms with van der Waals surface area (Å²) in [5.74, 6) is 2.67. The number of nitrogens with zero attached hydrogens (tertiary/aromatic N) is 2. The fraction of sp³-hybridized carbons (Fsp3) is 0.769. The lowest BCUT2D eigenvalue weighted by Gasteiger charge is -2.27. The van der Waals surface area contributed by atoms with Crippen LogP contribution in [0.2, 0.25) is 0 Å². The molecule has 2 nitrogen and oxygen atoms in total. The number of hydrogen-bond acceptors (Lipinski definition) is 3. The average Bonchev–Trinajstić information content (AvgIpc) is 2.99. The van der Waals surface area contributed by atoms with E-state index in [1.165, 1.54) is 43.6 Å². The third kappa shape index (κ3) is 4.71. The van der Waals surface area contributed by atoms with Crippen molar-refractivity contribution in [2.75, 3.05) is 11.5 Å². The second kappa shape index (κ2) is 8.39. The van der Waals surface area contributed by atoms with Crippen LogP contribution in [-0.4, -0.2) is 25.1 Å². The van der Waals surface area contributed by atoms with Gasteiger partial charge in [0.1, 0.15) is 0 Å². The zero-order valence-electron chi connectivity index (χ0n) is 11.0. The first-order valence-electron chi connectivity index (χ1n) is 6.58. The molecule has 0 spiro atoms. The molecule has 1 aliphatic heterocycles. The molecule has 0 aromatic carbocycles. The van der Waals surface area contributed by atoms with Crippen molar-refractivity contribution in [2.24, 2.45) is 0 Å². The summed E-state index contributed by atoms with van der Waals surface area (Å²) in [6.07, 6.45) is 12.6. The van der Waals surface area contributed by atoms with Gasteiger partial charge in [0.25, 0.3) is 0 Å². The van der Waals surface area contributed by atoms with Crippen molar-refractivity contribution in [1.29, 1.82) is 0 Å². The minimum absolute atomic E-state index is 0. The number of halogens is 1. The van der Waals surface area contributed by atoms with Gasteiger partial charge in [-0.15, -0.1) is 35.9 Å². The van der Waals surface area contributed by atoms with Crippen LogP contribution >= 0.6 is 35.9 Å². The van der Waals surface area contributed by atoms with Gasteiger partial charge in [-0.05, 0) is 12.8 Å². The Morgan fingerprint density at radius 2 is 2.00 bits per heavy atom. The van der Waals surface area contributed by atoms with Gasteiger partial charge in [0, 0.05) is 30.4 Å². The molecule has 0 unspecified atom stereocenters. The van der Waals surface area contributed by atoms with Crippen LogP contribution < -0.4 is 0 Å². The molecule has 1 aliphatic rings. The van der Waals surface area contributed by atoms with Crippen LogP contribution in [0.25, 0.3) is 0 Å². The maximum atomic E-state index is 4.11. The number of rotatable bonds is 7. The quantitative estimate of drug-likeness (QED) is 0.693. The highest BCUT2D eigenvalue weighted by Gasteiger charge is 2.34. The minimum atomic E-state index is 0. The van der Waals surface area contributed by atoms with E-state index in [1.807, 2.05) is 12.5 Å². The Kier molecular flexibility index (Phi) is 7.57. The monoisotopic (exact) mass is 306 g/mol. The second-order valence-electron chi connectivity index (χ2n) is 4.62. The van der Waals surface area contributed by atoms with E-state index in [0.717, 1.165) is 6.54 Å². The molecule has 2 rings (SSSR count). The maximum absolute atomic E-state index is 4.11. The van der Waals surface area contributed by atoms with Crippen LogP contribution in [0, 0.1) is 0 Å².